The molecule has 0 aliphatic carbocycles. The largest absolute Gasteiger partial charge is 0.493 e. The third-order valence-electron chi connectivity index (χ3n) is 4.11. The van der Waals surface area contributed by atoms with Crippen LogP contribution >= 0.6 is 0 Å². The van der Waals surface area contributed by atoms with Crippen LogP contribution in [0.15, 0.2) is 36.4 Å². The van der Waals surface area contributed by atoms with E-state index in [1.807, 2.05) is 6.92 Å². The molecule has 134 valence electrons. The Hall–Kier alpha value is -2.28. The number of nitrogens with one attached hydrogen (secondary N) is 1. The average molecular weight is 352 g/mol. The molecule has 1 aliphatic heterocycles. The summed E-state index contributed by atoms with van der Waals surface area (Å²) < 4.78 is 46.5. The van der Waals surface area contributed by atoms with Gasteiger partial charge in [-0.2, -0.15) is 13.2 Å². The van der Waals surface area contributed by atoms with Crippen molar-refractivity contribution in [3.63, 3.8) is 0 Å². The van der Waals surface area contributed by atoms with Gasteiger partial charge in [0, 0.05) is 18.4 Å². The summed E-state index contributed by atoms with van der Waals surface area (Å²) in [4.78, 5) is 11.3. The van der Waals surface area contributed by atoms with Gasteiger partial charge in [-0.25, -0.2) is 5.01 Å². The van der Waals surface area contributed by atoms with Gasteiger partial charge in [0.2, 0.25) is 5.91 Å². The number of benzene rings is 2. The fourth-order valence-electron chi connectivity index (χ4n) is 3.01. The van der Waals surface area contributed by atoms with Crippen molar-refractivity contribution in [1.82, 2.24) is 10.4 Å². The van der Waals surface area contributed by atoms with Gasteiger partial charge in [0.15, 0.2) is 0 Å². The zero-order chi connectivity index (χ0) is 18.0. The maximum atomic E-state index is 13.6. The van der Waals surface area contributed by atoms with Gasteiger partial charge >= 0.3 is 6.18 Å². The molecular formula is C18H19F3N2O2. The molecule has 0 aromatic heterocycles. The van der Waals surface area contributed by atoms with Crippen molar-refractivity contribution in [3.8, 4) is 5.75 Å². The summed E-state index contributed by atoms with van der Waals surface area (Å²) in [7, 11) is 0. The van der Waals surface area contributed by atoms with Crippen LogP contribution < -0.4 is 10.2 Å². The van der Waals surface area contributed by atoms with Crippen molar-refractivity contribution < 1.29 is 22.7 Å². The first kappa shape index (κ1) is 17.5. The first-order valence-corrected chi connectivity index (χ1v) is 8.18. The maximum Gasteiger partial charge on any atom is 0.409 e. The number of ether oxygens (including phenoxy) is 1. The Balaban J connectivity index is 1.99. The molecule has 3 rings (SSSR count). The van der Waals surface area contributed by atoms with Crippen LogP contribution in [0.2, 0.25) is 0 Å². The van der Waals surface area contributed by atoms with Crippen molar-refractivity contribution in [2.24, 2.45) is 0 Å². The lowest BCUT2D eigenvalue weighted by molar-refractivity contribution is -0.191. The minimum Gasteiger partial charge on any atom is -0.493 e. The van der Waals surface area contributed by atoms with Crippen molar-refractivity contribution in [2.45, 2.75) is 32.0 Å². The molecule has 1 aliphatic rings. The van der Waals surface area contributed by atoms with E-state index in [1.165, 1.54) is 12.1 Å². The standard InChI is InChI=1S/C18H19F3N2O2/c1-2-10-25-15-5-3-4-12-11-13(6-7-14(12)15)17(18(19,20)21)23-9-8-16(24)22-23/h3-7,11,17H,2,8-10H2,1H3,(H,22,24)/t17-/m0/s1. The van der Waals surface area contributed by atoms with E-state index in [0.717, 1.165) is 16.8 Å². The van der Waals surface area contributed by atoms with Crippen LogP contribution in [-0.4, -0.2) is 30.2 Å². The zero-order valence-electron chi connectivity index (χ0n) is 13.8. The summed E-state index contributed by atoms with van der Waals surface area (Å²) in [5, 5.41) is 2.40. The number of alkyl halides is 3. The fraction of sp³-hybridized carbons (Fsp3) is 0.389. The predicted octanol–water partition coefficient (Wildman–Crippen LogP) is 3.97. The third-order valence-corrected chi connectivity index (χ3v) is 4.11. The van der Waals surface area contributed by atoms with E-state index >= 15 is 0 Å². The average Bonchev–Trinajstić information content (AvgIpc) is 2.97. The minimum atomic E-state index is -4.50. The minimum absolute atomic E-state index is 0.0285. The van der Waals surface area contributed by atoms with Crippen LogP contribution in [0.25, 0.3) is 10.8 Å². The number of nitrogens with zero attached hydrogens (tertiary/aromatic N) is 1. The Morgan fingerprint density at radius 2 is 2.08 bits per heavy atom. The lowest BCUT2D eigenvalue weighted by Crippen LogP contribution is -2.43. The van der Waals surface area contributed by atoms with Gasteiger partial charge in [-0.1, -0.05) is 31.2 Å². The van der Waals surface area contributed by atoms with Gasteiger partial charge in [0.05, 0.1) is 6.61 Å². The first-order valence-electron chi connectivity index (χ1n) is 8.18. The smallest absolute Gasteiger partial charge is 0.409 e. The molecule has 1 amide bonds. The fourth-order valence-corrected chi connectivity index (χ4v) is 3.01. The third kappa shape index (κ3) is 3.71. The van der Waals surface area contributed by atoms with Gasteiger partial charge in [-0.05, 0) is 29.5 Å². The Morgan fingerprint density at radius 3 is 2.72 bits per heavy atom. The highest BCUT2D eigenvalue weighted by Gasteiger charge is 2.46. The van der Waals surface area contributed by atoms with Crippen LogP contribution in [0.4, 0.5) is 13.2 Å². The Morgan fingerprint density at radius 1 is 1.28 bits per heavy atom. The molecule has 1 atom stereocenters. The molecule has 7 heteroatoms. The Labute approximate surface area is 143 Å². The Bertz CT molecular complexity index is 776. The highest BCUT2D eigenvalue weighted by molar-refractivity contribution is 5.89. The first-order chi connectivity index (χ1) is 11.9. The summed E-state index contributed by atoms with van der Waals surface area (Å²) in [6.45, 7) is 2.56. The molecule has 1 heterocycles. The molecule has 25 heavy (non-hydrogen) atoms. The van der Waals surface area contributed by atoms with E-state index in [0.29, 0.717) is 17.7 Å². The number of rotatable bonds is 5. The second-order valence-electron chi connectivity index (χ2n) is 6.01. The molecule has 1 fully saturated rings. The molecular weight excluding hydrogens is 333 g/mol. The van der Waals surface area contributed by atoms with Crippen molar-refractivity contribution >= 4 is 16.7 Å². The SMILES string of the molecule is CCCOc1cccc2cc([C@H](N3CCC(=O)N3)C(F)(F)F)ccc12. The van der Waals surface area contributed by atoms with Gasteiger partial charge in [-0.3, -0.25) is 10.2 Å². The van der Waals surface area contributed by atoms with Crippen LogP contribution in [0.5, 0.6) is 5.75 Å². The molecule has 2 aromatic carbocycles. The molecule has 0 saturated carbocycles. The number of hydrogen-bond acceptors (Lipinski definition) is 3. The lowest BCUT2D eigenvalue weighted by atomic mass is 10.0. The number of fused-ring (bicyclic) bond motifs is 1. The lowest BCUT2D eigenvalue weighted by Gasteiger charge is -2.29. The quantitative estimate of drug-likeness (QED) is 0.885. The van der Waals surface area contributed by atoms with E-state index in [1.54, 1.807) is 24.3 Å². The second-order valence-corrected chi connectivity index (χ2v) is 6.01. The van der Waals surface area contributed by atoms with Crippen molar-refractivity contribution in [3.05, 3.63) is 42.0 Å². The maximum absolute atomic E-state index is 13.6. The molecule has 1 saturated heterocycles. The van der Waals surface area contributed by atoms with Crippen LogP contribution in [0.1, 0.15) is 31.4 Å². The van der Waals surface area contributed by atoms with Gasteiger partial charge in [0.25, 0.3) is 0 Å². The Kier molecular flexibility index (Phi) is 4.85. The molecule has 0 spiro atoms. The van der Waals surface area contributed by atoms with Crippen LogP contribution in [0.3, 0.4) is 0 Å². The second kappa shape index (κ2) is 6.92. The molecule has 2 aromatic rings. The molecule has 1 N–H and O–H groups in total. The van der Waals surface area contributed by atoms with Crippen molar-refractivity contribution in [2.75, 3.05) is 13.2 Å². The number of hydrogen-bond donors (Lipinski definition) is 1. The summed E-state index contributed by atoms with van der Waals surface area (Å²) >= 11 is 0. The molecule has 0 unspecified atom stereocenters. The molecule has 0 radical (unpaired) electrons. The summed E-state index contributed by atoms with van der Waals surface area (Å²) in [6, 6.07) is 8.06. The van der Waals surface area contributed by atoms with Crippen LogP contribution in [0, 0.1) is 0 Å². The van der Waals surface area contributed by atoms with E-state index in [2.05, 4.69) is 5.43 Å². The summed E-state index contributed by atoms with van der Waals surface area (Å²) in [6.07, 6.45) is -3.59. The summed E-state index contributed by atoms with van der Waals surface area (Å²) in [5.74, 6) is 0.259. The van der Waals surface area contributed by atoms with E-state index < -0.39 is 18.1 Å². The zero-order valence-corrected chi connectivity index (χ0v) is 13.8. The van der Waals surface area contributed by atoms with Gasteiger partial charge in [-0.15, -0.1) is 0 Å². The summed E-state index contributed by atoms with van der Waals surface area (Å²) in [5.41, 5.74) is 2.39. The van der Waals surface area contributed by atoms with E-state index in [-0.39, 0.29) is 18.5 Å². The van der Waals surface area contributed by atoms with E-state index in [4.69, 9.17) is 4.74 Å². The normalized spacial score (nSPS) is 16.9. The van der Waals surface area contributed by atoms with Gasteiger partial charge < -0.3 is 4.74 Å². The number of carbonyl (C=O) groups excluding carboxylic acids is 1. The number of amides is 1. The highest BCUT2D eigenvalue weighted by Crippen LogP contribution is 2.39. The van der Waals surface area contributed by atoms with Crippen molar-refractivity contribution in [1.29, 1.82) is 0 Å². The topological polar surface area (TPSA) is 41.6 Å². The number of carbonyl (C=O) groups is 1. The monoisotopic (exact) mass is 352 g/mol. The number of halogens is 3. The van der Waals surface area contributed by atoms with Crippen LogP contribution in [-0.2, 0) is 4.79 Å². The van der Waals surface area contributed by atoms with E-state index in [9.17, 15) is 18.0 Å². The van der Waals surface area contributed by atoms with Gasteiger partial charge in [0.1, 0.15) is 11.8 Å². The number of hydrazine groups is 1. The molecule has 4 nitrogen and oxygen atoms in total. The highest BCUT2D eigenvalue weighted by atomic mass is 19.4. The predicted molar refractivity (Wildman–Crippen MR) is 88.0 cm³/mol. The molecule has 0 bridgehead atoms.